The quantitative estimate of drug-likeness (QED) is 0.401. The number of hydrogen-bond donors (Lipinski definition) is 1. The van der Waals surface area contributed by atoms with E-state index in [-0.39, 0.29) is 6.04 Å². The van der Waals surface area contributed by atoms with E-state index in [0.717, 1.165) is 44.1 Å². The van der Waals surface area contributed by atoms with Gasteiger partial charge in [-0.2, -0.15) is 10.4 Å². The number of rotatable bonds is 5. The Morgan fingerprint density at radius 2 is 1.94 bits per heavy atom. The predicted octanol–water partition coefficient (Wildman–Crippen LogP) is 5.90. The Hall–Kier alpha value is -3.31. The van der Waals surface area contributed by atoms with E-state index in [4.69, 9.17) is 10.2 Å². The number of fused-ring (bicyclic) bond motifs is 1. The Morgan fingerprint density at radius 1 is 1.12 bits per heavy atom. The Bertz CT molecular complexity index is 1320. The van der Waals surface area contributed by atoms with Crippen molar-refractivity contribution in [1.82, 2.24) is 24.8 Å². The van der Waals surface area contributed by atoms with Crippen molar-refractivity contribution < 1.29 is 0 Å². The van der Waals surface area contributed by atoms with Gasteiger partial charge in [-0.15, -0.1) is 10.2 Å². The first kappa shape index (κ1) is 21.5. The fraction of sp³-hybridized carbons (Fsp3) is 0.400. The van der Waals surface area contributed by atoms with Crippen molar-refractivity contribution in [3.8, 4) is 28.0 Å². The van der Waals surface area contributed by atoms with Crippen molar-refractivity contribution in [3.05, 3.63) is 47.2 Å². The normalized spacial score (nSPS) is 18.5. The summed E-state index contributed by atoms with van der Waals surface area (Å²) in [6.07, 6.45) is 8.40. The molecule has 0 aromatic carbocycles. The smallest absolute Gasteiger partial charge is 0.151 e. The van der Waals surface area contributed by atoms with Gasteiger partial charge in [0, 0.05) is 23.8 Å². The minimum Gasteiger partial charge on any atom is -0.382 e. The lowest BCUT2D eigenvalue weighted by molar-refractivity contribution is 0.346. The molecule has 7 nitrogen and oxygen atoms in total. The molecule has 4 aromatic heterocycles. The number of nitrogens with one attached hydrogen (secondary N) is 1. The van der Waals surface area contributed by atoms with Crippen LogP contribution in [0.1, 0.15) is 62.9 Å². The highest BCUT2D eigenvalue weighted by molar-refractivity contribution is 7.14. The molecule has 0 saturated heterocycles. The minimum atomic E-state index is 0.256. The van der Waals surface area contributed by atoms with E-state index in [2.05, 4.69) is 53.5 Å². The second-order valence-electron chi connectivity index (χ2n) is 9.23. The molecule has 5 rings (SSSR count). The molecule has 1 saturated carbocycles. The highest BCUT2D eigenvalue weighted by Crippen LogP contribution is 2.40. The summed E-state index contributed by atoms with van der Waals surface area (Å²) < 4.78 is 1.81. The minimum absolute atomic E-state index is 0.256. The zero-order chi connectivity index (χ0) is 22.9. The van der Waals surface area contributed by atoms with Gasteiger partial charge in [0.25, 0.3) is 0 Å². The molecule has 1 aliphatic rings. The van der Waals surface area contributed by atoms with Crippen LogP contribution in [0.15, 0.2) is 36.7 Å². The first-order valence-corrected chi connectivity index (χ1v) is 12.3. The second-order valence-corrected chi connectivity index (χ2v) is 10.2. The summed E-state index contributed by atoms with van der Waals surface area (Å²) in [7, 11) is 0. The number of pyridine rings is 1. The molecule has 0 spiro atoms. The van der Waals surface area contributed by atoms with E-state index >= 15 is 0 Å². The van der Waals surface area contributed by atoms with Crippen LogP contribution in [0.2, 0.25) is 0 Å². The van der Waals surface area contributed by atoms with Gasteiger partial charge < -0.3 is 5.32 Å². The summed E-state index contributed by atoms with van der Waals surface area (Å²) in [4.78, 5) is 4.76. The van der Waals surface area contributed by atoms with E-state index in [0.29, 0.717) is 11.5 Å². The Balaban J connectivity index is 1.50. The zero-order valence-corrected chi connectivity index (χ0v) is 19.9. The third-order valence-corrected chi connectivity index (χ3v) is 7.40. The molecule has 1 fully saturated rings. The molecule has 8 heteroatoms. The molecule has 1 aliphatic carbocycles. The van der Waals surface area contributed by atoms with Gasteiger partial charge in [-0.3, -0.25) is 4.98 Å². The molecule has 168 valence electrons. The van der Waals surface area contributed by atoms with Crippen molar-refractivity contribution in [1.29, 1.82) is 5.26 Å². The van der Waals surface area contributed by atoms with E-state index in [1.807, 2.05) is 28.9 Å². The van der Waals surface area contributed by atoms with Gasteiger partial charge in [-0.05, 0) is 56.9 Å². The second kappa shape index (κ2) is 8.91. The molecular weight excluding hydrogens is 430 g/mol. The maximum Gasteiger partial charge on any atom is 0.151 e. The van der Waals surface area contributed by atoms with Crippen LogP contribution < -0.4 is 5.32 Å². The summed E-state index contributed by atoms with van der Waals surface area (Å²) in [6, 6.07) is 10.2. The molecule has 33 heavy (non-hydrogen) atoms. The summed E-state index contributed by atoms with van der Waals surface area (Å²) in [5.41, 5.74) is 5.05. The number of anilines is 1. The summed E-state index contributed by atoms with van der Waals surface area (Å²) >= 11 is 1.69. The highest BCUT2D eigenvalue weighted by Gasteiger charge is 2.24. The lowest BCUT2D eigenvalue weighted by Crippen LogP contribution is -2.11. The first-order valence-electron chi connectivity index (χ1n) is 11.5. The molecule has 0 unspecified atom stereocenters. The topological polar surface area (TPSA) is 91.8 Å². The standard InChI is InChI=1S/C25H27N7S/c1-15(2)29-21-11-22(23-9-8-19-10-17(12-26)13-28-32(19)23)27-14-20(21)25-31-30-24(33-25)18-6-4-16(3)5-7-18/h8-11,13-16,18H,4-7H2,1-3H3,(H,27,29)/t16-,18-. The molecule has 1 N–H and O–H groups in total. The average molecular weight is 458 g/mol. The monoisotopic (exact) mass is 457 g/mol. The van der Waals surface area contributed by atoms with Gasteiger partial charge in [-0.25, -0.2) is 4.52 Å². The number of nitrogens with zero attached hydrogens (tertiary/aromatic N) is 6. The Kier molecular flexibility index (Phi) is 5.81. The van der Waals surface area contributed by atoms with Crippen molar-refractivity contribution in [3.63, 3.8) is 0 Å². The maximum absolute atomic E-state index is 9.15. The van der Waals surface area contributed by atoms with Gasteiger partial charge in [0.2, 0.25) is 0 Å². The fourth-order valence-corrected chi connectivity index (χ4v) is 5.50. The average Bonchev–Trinajstić information content (AvgIpc) is 3.46. The lowest BCUT2D eigenvalue weighted by Gasteiger charge is -2.23. The zero-order valence-electron chi connectivity index (χ0n) is 19.1. The molecule has 0 amide bonds. The van der Waals surface area contributed by atoms with Crippen LogP contribution >= 0.6 is 11.3 Å². The molecule has 4 heterocycles. The molecule has 0 radical (unpaired) electrons. The van der Waals surface area contributed by atoms with Crippen molar-refractivity contribution in [2.24, 2.45) is 5.92 Å². The van der Waals surface area contributed by atoms with E-state index in [9.17, 15) is 0 Å². The van der Waals surface area contributed by atoms with Crippen LogP contribution in [0.25, 0.3) is 27.5 Å². The maximum atomic E-state index is 9.15. The van der Waals surface area contributed by atoms with Crippen LogP contribution in [0.5, 0.6) is 0 Å². The predicted molar refractivity (Wildman–Crippen MR) is 131 cm³/mol. The van der Waals surface area contributed by atoms with Crippen LogP contribution in [0.3, 0.4) is 0 Å². The van der Waals surface area contributed by atoms with Gasteiger partial charge in [-0.1, -0.05) is 31.1 Å². The van der Waals surface area contributed by atoms with E-state index in [1.54, 1.807) is 17.5 Å². The third-order valence-electron chi connectivity index (χ3n) is 6.28. The number of hydrogen-bond acceptors (Lipinski definition) is 7. The van der Waals surface area contributed by atoms with Crippen molar-refractivity contribution >= 4 is 22.5 Å². The Labute approximate surface area is 197 Å². The molecule has 0 aliphatic heterocycles. The van der Waals surface area contributed by atoms with E-state index in [1.165, 1.54) is 25.7 Å². The molecular formula is C25H27N7S. The SMILES string of the molecule is CC(C)Nc1cc(-c2ccc3cc(C#N)cnn23)ncc1-c1nnc([C@H]2CC[C@H](C)CC2)s1. The van der Waals surface area contributed by atoms with E-state index < -0.39 is 0 Å². The van der Waals surface area contributed by atoms with Gasteiger partial charge in [0.1, 0.15) is 11.1 Å². The fourth-order valence-electron chi connectivity index (χ4n) is 4.47. The highest BCUT2D eigenvalue weighted by atomic mass is 32.1. The first-order chi connectivity index (χ1) is 16.0. The molecule has 4 aromatic rings. The molecule has 0 atom stereocenters. The van der Waals surface area contributed by atoms with Crippen LogP contribution in [-0.4, -0.2) is 30.8 Å². The third kappa shape index (κ3) is 4.33. The summed E-state index contributed by atoms with van der Waals surface area (Å²) in [6.45, 7) is 6.58. The summed E-state index contributed by atoms with van der Waals surface area (Å²) in [5.74, 6) is 1.34. The van der Waals surface area contributed by atoms with Crippen LogP contribution in [-0.2, 0) is 0 Å². The van der Waals surface area contributed by atoms with Crippen molar-refractivity contribution in [2.75, 3.05) is 5.32 Å². The summed E-state index contributed by atoms with van der Waals surface area (Å²) in [5, 5.41) is 28.3. The lowest BCUT2D eigenvalue weighted by atomic mass is 9.83. The Morgan fingerprint density at radius 3 is 2.70 bits per heavy atom. The largest absolute Gasteiger partial charge is 0.382 e. The van der Waals surface area contributed by atoms with Crippen LogP contribution in [0, 0.1) is 17.2 Å². The van der Waals surface area contributed by atoms with Crippen LogP contribution in [0.4, 0.5) is 5.69 Å². The van der Waals surface area contributed by atoms with Gasteiger partial charge >= 0.3 is 0 Å². The van der Waals surface area contributed by atoms with Gasteiger partial charge in [0.15, 0.2) is 5.01 Å². The number of aromatic nitrogens is 5. The number of nitriles is 1. The molecule has 0 bridgehead atoms. The van der Waals surface area contributed by atoms with Crippen molar-refractivity contribution in [2.45, 2.75) is 58.4 Å². The van der Waals surface area contributed by atoms with Gasteiger partial charge in [0.05, 0.1) is 34.2 Å².